The van der Waals surface area contributed by atoms with Crippen molar-refractivity contribution in [3.05, 3.63) is 201 Å². The second-order valence-electron chi connectivity index (χ2n) is 15.1. The average molecular weight is 913 g/mol. The molecule has 0 amide bonds. The van der Waals surface area contributed by atoms with Crippen molar-refractivity contribution in [3.8, 4) is 0 Å². The molecule has 0 bridgehead atoms. The predicted molar refractivity (Wildman–Crippen MR) is 234 cm³/mol. The quantitative estimate of drug-likeness (QED) is 0.0465. The van der Waals surface area contributed by atoms with E-state index in [0.717, 1.165) is 23.3 Å². The fourth-order valence-electron chi connectivity index (χ4n) is 7.34. The summed E-state index contributed by atoms with van der Waals surface area (Å²) in [5.41, 5.74) is -5.89. The molecule has 0 aliphatic heterocycles. The van der Waals surface area contributed by atoms with Gasteiger partial charge in [0.05, 0.1) is 34.0 Å². The number of nitrogens with one attached hydrogen (secondary N) is 2. The van der Waals surface area contributed by atoms with Gasteiger partial charge in [-0.15, -0.1) is 0 Å². The molecule has 4 N–H and O–H groups in total. The molecule has 20 heteroatoms. The van der Waals surface area contributed by atoms with Gasteiger partial charge >= 0.3 is 12.4 Å². The van der Waals surface area contributed by atoms with Gasteiger partial charge in [0.2, 0.25) is 11.2 Å². The molecule has 2 unspecified atom stereocenters. The van der Waals surface area contributed by atoms with Gasteiger partial charge in [-0.3, -0.25) is 20.2 Å². The van der Waals surface area contributed by atoms with Crippen LogP contribution in [0.15, 0.2) is 158 Å². The number of aliphatic hydroxyl groups is 2. The molecule has 0 aliphatic rings. The van der Waals surface area contributed by atoms with Crippen molar-refractivity contribution in [2.24, 2.45) is 0 Å². The lowest BCUT2D eigenvalue weighted by Crippen LogP contribution is -2.47. The summed E-state index contributed by atoms with van der Waals surface area (Å²) in [7, 11) is 0. The number of rotatable bonds is 14. The second-order valence-corrected chi connectivity index (χ2v) is 15.1. The van der Waals surface area contributed by atoms with Gasteiger partial charge < -0.3 is 30.0 Å². The van der Waals surface area contributed by atoms with Crippen molar-refractivity contribution in [1.82, 2.24) is 19.1 Å². The van der Waals surface area contributed by atoms with E-state index in [1.54, 1.807) is 84.9 Å². The lowest BCUT2D eigenvalue weighted by molar-refractivity contribution is -0.384. The maximum absolute atomic E-state index is 14.2. The molecule has 0 spiro atoms. The van der Waals surface area contributed by atoms with Crippen LogP contribution in [0.1, 0.15) is 22.3 Å². The van der Waals surface area contributed by atoms with Crippen LogP contribution in [0, 0.1) is 20.2 Å². The normalized spacial score (nSPS) is 13.6. The van der Waals surface area contributed by atoms with E-state index in [-0.39, 0.29) is 57.9 Å². The highest BCUT2D eigenvalue weighted by molar-refractivity contribution is 5.88. The third-order valence-corrected chi connectivity index (χ3v) is 10.8. The molecule has 2 atom stereocenters. The Kier molecular flexibility index (Phi) is 13.1. The van der Waals surface area contributed by atoms with Crippen LogP contribution in [-0.2, 0) is 24.3 Å². The van der Waals surface area contributed by atoms with Crippen molar-refractivity contribution in [3.63, 3.8) is 0 Å². The number of alkyl halides is 6. The second kappa shape index (κ2) is 18.7. The van der Waals surface area contributed by atoms with Crippen LogP contribution in [0.4, 0.5) is 49.4 Å². The SMILES string of the molecule is O=[N+]([O-])c1ccc2c(C(O)(CNc3ccccn3)C(F)(F)F)cn(Cc3ccccc3)c2c1.O=[N+]([O-])c1ccc2c(C(O)(CNc3ccccn3)C(F)(F)F)cn(Cc3ccccc3)c2c1. The zero-order valence-electron chi connectivity index (χ0n) is 34.3. The monoisotopic (exact) mass is 912 g/mol. The molecule has 340 valence electrons. The van der Waals surface area contributed by atoms with Gasteiger partial charge in [-0.25, -0.2) is 9.97 Å². The molecule has 0 aliphatic carbocycles. The Labute approximate surface area is 370 Å². The first-order chi connectivity index (χ1) is 31.4. The van der Waals surface area contributed by atoms with Gasteiger partial charge in [-0.05, 0) is 47.5 Å². The van der Waals surface area contributed by atoms with Crippen LogP contribution in [0.2, 0.25) is 0 Å². The Bertz CT molecular complexity index is 2750. The number of hydrogen-bond donors (Lipinski definition) is 4. The summed E-state index contributed by atoms with van der Waals surface area (Å²) < 4.78 is 88.4. The number of halogens is 6. The lowest BCUT2D eigenvalue weighted by Gasteiger charge is -2.30. The average Bonchev–Trinajstić information content (AvgIpc) is 3.86. The molecule has 8 rings (SSSR count). The van der Waals surface area contributed by atoms with E-state index in [1.807, 2.05) is 0 Å². The molecule has 0 saturated carbocycles. The van der Waals surface area contributed by atoms with Gasteiger partial charge in [0.15, 0.2) is 0 Å². The van der Waals surface area contributed by atoms with Gasteiger partial charge in [-0.2, -0.15) is 26.3 Å². The van der Waals surface area contributed by atoms with E-state index in [2.05, 4.69) is 20.6 Å². The highest BCUT2D eigenvalue weighted by Gasteiger charge is 2.57. The minimum atomic E-state index is -5.04. The van der Waals surface area contributed by atoms with Crippen molar-refractivity contribution >= 4 is 44.8 Å². The number of nitrogens with zero attached hydrogens (tertiary/aromatic N) is 6. The van der Waals surface area contributed by atoms with Gasteiger partial charge in [-0.1, -0.05) is 72.8 Å². The molecule has 0 radical (unpaired) electrons. The summed E-state index contributed by atoms with van der Waals surface area (Å²) in [6.45, 7) is -1.45. The Hall–Kier alpha value is -7.84. The molecule has 4 aromatic carbocycles. The number of aromatic nitrogens is 4. The summed E-state index contributed by atoms with van der Waals surface area (Å²) >= 11 is 0. The summed E-state index contributed by atoms with van der Waals surface area (Å²) in [6, 6.07) is 34.5. The van der Waals surface area contributed by atoms with Crippen LogP contribution in [0.5, 0.6) is 0 Å². The highest BCUT2D eigenvalue weighted by Crippen LogP contribution is 2.45. The third-order valence-electron chi connectivity index (χ3n) is 10.8. The van der Waals surface area contributed by atoms with E-state index < -0.39 is 57.6 Å². The van der Waals surface area contributed by atoms with Crippen LogP contribution in [-0.4, -0.2) is 64.6 Å². The number of anilines is 2. The van der Waals surface area contributed by atoms with Crippen molar-refractivity contribution in [2.45, 2.75) is 36.6 Å². The van der Waals surface area contributed by atoms with Crippen LogP contribution >= 0.6 is 0 Å². The number of nitro benzene ring substituents is 2. The summed E-state index contributed by atoms with van der Waals surface area (Å²) in [5, 5.41) is 49.7. The van der Waals surface area contributed by atoms with Crippen molar-refractivity contribution in [2.75, 3.05) is 23.7 Å². The zero-order chi connectivity index (χ0) is 47.3. The maximum Gasteiger partial charge on any atom is 0.423 e. The summed E-state index contributed by atoms with van der Waals surface area (Å²) in [5.74, 6) is 0.340. The van der Waals surface area contributed by atoms with Crippen LogP contribution in [0.25, 0.3) is 21.8 Å². The van der Waals surface area contributed by atoms with Crippen LogP contribution < -0.4 is 10.6 Å². The number of benzene rings is 4. The molecule has 14 nitrogen and oxygen atoms in total. The maximum atomic E-state index is 14.2. The first kappa shape index (κ1) is 46.2. The standard InChI is InChI=1S/2C23H19F3N4O3/c2*24-23(25,26)22(31,15-28-21-8-4-5-11-27-21)19-14-29(13-16-6-2-1-3-7-16)20-12-17(30(32)33)9-10-18(19)20/h2*1-12,14,31H,13,15H2,(H,27,28). The third kappa shape index (κ3) is 9.78. The van der Waals surface area contributed by atoms with E-state index in [9.17, 15) is 56.8 Å². The topological polar surface area (TPSA) is 186 Å². The number of fused-ring (bicyclic) bond motifs is 2. The first-order valence-electron chi connectivity index (χ1n) is 19.9. The molecule has 0 saturated heterocycles. The minimum Gasteiger partial charge on any atom is -0.375 e. The fraction of sp³-hybridized carbons (Fsp3) is 0.174. The lowest BCUT2D eigenvalue weighted by atomic mass is 9.92. The Morgan fingerprint density at radius 1 is 0.530 bits per heavy atom. The van der Waals surface area contributed by atoms with E-state index in [4.69, 9.17) is 0 Å². The molecular formula is C46H38F6N8O6. The summed E-state index contributed by atoms with van der Waals surface area (Å²) in [6.07, 6.45) is -4.84. The fourth-order valence-corrected chi connectivity index (χ4v) is 7.34. The molecule has 8 aromatic rings. The van der Waals surface area contributed by atoms with E-state index in [0.29, 0.717) is 0 Å². The van der Waals surface area contributed by atoms with Crippen molar-refractivity contribution < 1.29 is 46.4 Å². The molecule has 4 aromatic heterocycles. The molecular weight excluding hydrogens is 875 g/mol. The van der Waals surface area contributed by atoms with Gasteiger partial charge in [0, 0.05) is 84.0 Å². The Morgan fingerprint density at radius 3 is 1.21 bits per heavy atom. The van der Waals surface area contributed by atoms with E-state index >= 15 is 0 Å². The number of non-ortho nitro benzene ring substituents is 2. The van der Waals surface area contributed by atoms with Gasteiger partial charge in [0.1, 0.15) is 11.6 Å². The largest absolute Gasteiger partial charge is 0.423 e. The highest BCUT2D eigenvalue weighted by atomic mass is 19.4. The smallest absolute Gasteiger partial charge is 0.375 e. The summed E-state index contributed by atoms with van der Waals surface area (Å²) in [4.78, 5) is 29.2. The predicted octanol–water partition coefficient (Wildman–Crippen LogP) is 9.71. The van der Waals surface area contributed by atoms with Crippen LogP contribution in [0.3, 0.4) is 0 Å². The molecule has 4 heterocycles. The van der Waals surface area contributed by atoms with E-state index in [1.165, 1.54) is 70.3 Å². The van der Waals surface area contributed by atoms with Gasteiger partial charge in [0.25, 0.3) is 11.4 Å². The number of pyridine rings is 2. The first-order valence-corrected chi connectivity index (χ1v) is 19.9. The Balaban J connectivity index is 0.000000196. The Morgan fingerprint density at radius 2 is 0.894 bits per heavy atom. The molecule has 0 fully saturated rings. The number of hydrogen-bond acceptors (Lipinski definition) is 10. The molecule has 66 heavy (non-hydrogen) atoms. The van der Waals surface area contributed by atoms with Crippen molar-refractivity contribution in [1.29, 1.82) is 0 Å². The minimum absolute atomic E-state index is 0.0687. The zero-order valence-corrected chi connectivity index (χ0v) is 34.3. The number of nitro groups is 2.